The molecule has 4 aromatic carbocycles. The first kappa shape index (κ1) is 13.8. The fourth-order valence-electron chi connectivity index (χ4n) is 2.94. The molecule has 3 heteroatoms. The smallest absolute Gasteiger partial charge is 0.195 e. The summed E-state index contributed by atoms with van der Waals surface area (Å²) in [6, 6.07) is 19.4. The summed E-state index contributed by atoms with van der Waals surface area (Å²) in [4.78, 5) is 0. The van der Waals surface area contributed by atoms with Gasteiger partial charge in [-0.05, 0) is 51.4 Å². The summed E-state index contributed by atoms with van der Waals surface area (Å²) in [6.07, 6.45) is 0. The fourth-order valence-corrected chi connectivity index (χ4v) is 2.94. The monoisotopic (exact) mass is 308 g/mol. The Kier molecular flexibility index (Phi) is 3.08. The molecule has 0 N–H and O–H groups in total. The van der Waals surface area contributed by atoms with Crippen molar-refractivity contribution in [3.63, 3.8) is 0 Å². The van der Waals surface area contributed by atoms with E-state index in [2.05, 4.69) is 0 Å². The van der Waals surface area contributed by atoms with Gasteiger partial charge in [-0.25, -0.2) is 13.2 Å². The molecule has 0 radical (unpaired) electrons. The number of benzene rings is 4. The summed E-state index contributed by atoms with van der Waals surface area (Å²) in [5, 5.41) is 3.81. The van der Waals surface area contributed by atoms with Crippen LogP contribution in [-0.4, -0.2) is 0 Å². The van der Waals surface area contributed by atoms with E-state index in [1.807, 2.05) is 42.5 Å². The molecule has 0 heterocycles. The largest absolute Gasteiger partial charge is 0.204 e. The minimum atomic E-state index is -1.44. The third-order valence-corrected chi connectivity index (χ3v) is 4.07. The molecule has 0 aromatic heterocycles. The summed E-state index contributed by atoms with van der Waals surface area (Å²) in [7, 11) is 0. The Morgan fingerprint density at radius 3 is 2.00 bits per heavy atom. The van der Waals surface area contributed by atoms with Crippen molar-refractivity contribution in [3.05, 3.63) is 84.2 Å². The quantitative estimate of drug-likeness (QED) is 0.295. The van der Waals surface area contributed by atoms with Crippen LogP contribution in [0.2, 0.25) is 0 Å². The average molecular weight is 308 g/mol. The second-order valence-electron chi connectivity index (χ2n) is 5.45. The van der Waals surface area contributed by atoms with Crippen LogP contribution in [0, 0.1) is 17.5 Å². The molecule has 0 bridgehead atoms. The van der Waals surface area contributed by atoms with Crippen molar-refractivity contribution in [2.75, 3.05) is 0 Å². The standard InChI is InChI=1S/C20H11F3/c21-18-9-8-16(19(22)20(18)23)15-7-3-6-14-10-12-4-1-2-5-13(12)11-17(14)15/h1-11H. The maximum absolute atomic E-state index is 14.2. The first-order chi connectivity index (χ1) is 11.1. The highest BCUT2D eigenvalue weighted by atomic mass is 19.2. The number of hydrogen-bond acceptors (Lipinski definition) is 0. The summed E-state index contributed by atoms with van der Waals surface area (Å²) in [5.74, 6) is -3.79. The Bertz CT molecular complexity index is 1050. The lowest BCUT2D eigenvalue weighted by Crippen LogP contribution is -1.94. The summed E-state index contributed by atoms with van der Waals surface area (Å²) in [6.45, 7) is 0. The highest BCUT2D eigenvalue weighted by molar-refractivity contribution is 6.04. The molecule has 23 heavy (non-hydrogen) atoms. The van der Waals surface area contributed by atoms with E-state index >= 15 is 0 Å². The highest BCUT2D eigenvalue weighted by Crippen LogP contribution is 2.34. The summed E-state index contributed by atoms with van der Waals surface area (Å²) < 4.78 is 40.9. The van der Waals surface area contributed by atoms with Gasteiger partial charge in [-0.3, -0.25) is 0 Å². The van der Waals surface area contributed by atoms with Gasteiger partial charge in [0.2, 0.25) is 0 Å². The minimum absolute atomic E-state index is 0.0600. The van der Waals surface area contributed by atoms with Gasteiger partial charge in [0.25, 0.3) is 0 Å². The van der Waals surface area contributed by atoms with E-state index in [0.29, 0.717) is 5.56 Å². The van der Waals surface area contributed by atoms with Crippen LogP contribution >= 0.6 is 0 Å². The van der Waals surface area contributed by atoms with E-state index in [1.54, 1.807) is 12.1 Å². The predicted octanol–water partition coefficient (Wildman–Crippen LogP) is 6.08. The molecule has 0 saturated carbocycles. The van der Waals surface area contributed by atoms with E-state index in [9.17, 15) is 13.2 Å². The number of rotatable bonds is 1. The third-order valence-electron chi connectivity index (χ3n) is 4.07. The predicted molar refractivity (Wildman–Crippen MR) is 86.8 cm³/mol. The van der Waals surface area contributed by atoms with Crippen molar-refractivity contribution in [1.29, 1.82) is 0 Å². The van der Waals surface area contributed by atoms with E-state index in [4.69, 9.17) is 0 Å². The minimum Gasteiger partial charge on any atom is -0.204 e. The molecule has 112 valence electrons. The zero-order chi connectivity index (χ0) is 16.0. The van der Waals surface area contributed by atoms with Crippen LogP contribution in [0.4, 0.5) is 13.2 Å². The van der Waals surface area contributed by atoms with Crippen LogP contribution in [-0.2, 0) is 0 Å². The molecule has 4 aromatic rings. The van der Waals surface area contributed by atoms with Crippen molar-refractivity contribution in [2.24, 2.45) is 0 Å². The van der Waals surface area contributed by atoms with Crippen LogP contribution < -0.4 is 0 Å². The Hall–Kier alpha value is -2.81. The Balaban J connectivity index is 2.08. The lowest BCUT2D eigenvalue weighted by Gasteiger charge is -2.10. The Morgan fingerprint density at radius 1 is 0.522 bits per heavy atom. The number of fused-ring (bicyclic) bond motifs is 2. The van der Waals surface area contributed by atoms with E-state index in [-0.39, 0.29) is 5.56 Å². The van der Waals surface area contributed by atoms with Gasteiger partial charge in [-0.2, -0.15) is 0 Å². The van der Waals surface area contributed by atoms with Gasteiger partial charge in [-0.1, -0.05) is 42.5 Å². The Labute approximate surface area is 130 Å². The van der Waals surface area contributed by atoms with Crippen LogP contribution in [0.25, 0.3) is 32.7 Å². The molecule has 0 aliphatic heterocycles. The second kappa shape index (κ2) is 5.13. The topological polar surface area (TPSA) is 0 Å². The van der Waals surface area contributed by atoms with Crippen LogP contribution in [0.5, 0.6) is 0 Å². The van der Waals surface area contributed by atoms with Crippen LogP contribution in [0.3, 0.4) is 0 Å². The first-order valence-corrected chi connectivity index (χ1v) is 7.20. The molecule has 0 fully saturated rings. The number of halogens is 3. The normalized spacial score (nSPS) is 11.3. The van der Waals surface area contributed by atoms with Gasteiger partial charge < -0.3 is 0 Å². The first-order valence-electron chi connectivity index (χ1n) is 7.20. The van der Waals surface area contributed by atoms with Crippen molar-refractivity contribution in [3.8, 4) is 11.1 Å². The van der Waals surface area contributed by atoms with Crippen molar-refractivity contribution in [2.45, 2.75) is 0 Å². The molecule has 4 rings (SSSR count). The van der Waals surface area contributed by atoms with Gasteiger partial charge in [0.1, 0.15) is 0 Å². The fraction of sp³-hybridized carbons (Fsp3) is 0. The maximum atomic E-state index is 14.2. The lowest BCUT2D eigenvalue weighted by atomic mass is 9.95. The summed E-state index contributed by atoms with van der Waals surface area (Å²) in [5.41, 5.74) is 0.606. The molecule has 0 spiro atoms. The van der Waals surface area contributed by atoms with Crippen LogP contribution in [0.1, 0.15) is 0 Å². The van der Waals surface area contributed by atoms with Gasteiger partial charge in [0.15, 0.2) is 17.5 Å². The molecule has 0 nitrogen and oxygen atoms in total. The molecule has 0 aliphatic rings. The van der Waals surface area contributed by atoms with Crippen molar-refractivity contribution >= 4 is 21.5 Å². The van der Waals surface area contributed by atoms with E-state index in [0.717, 1.165) is 27.6 Å². The Morgan fingerprint density at radius 2 is 1.22 bits per heavy atom. The zero-order valence-electron chi connectivity index (χ0n) is 12.0. The highest BCUT2D eigenvalue weighted by Gasteiger charge is 2.16. The summed E-state index contributed by atoms with van der Waals surface area (Å²) >= 11 is 0. The second-order valence-corrected chi connectivity index (χ2v) is 5.45. The molecular formula is C20H11F3. The average Bonchev–Trinajstić information content (AvgIpc) is 2.58. The number of hydrogen-bond donors (Lipinski definition) is 0. The van der Waals surface area contributed by atoms with E-state index in [1.165, 1.54) is 6.07 Å². The molecular weight excluding hydrogens is 297 g/mol. The van der Waals surface area contributed by atoms with Gasteiger partial charge in [0.05, 0.1) is 0 Å². The maximum Gasteiger partial charge on any atom is 0.195 e. The van der Waals surface area contributed by atoms with Crippen LogP contribution in [0.15, 0.2) is 66.7 Å². The lowest BCUT2D eigenvalue weighted by molar-refractivity contribution is 0.449. The van der Waals surface area contributed by atoms with Gasteiger partial charge in [-0.15, -0.1) is 0 Å². The molecule has 0 amide bonds. The third kappa shape index (κ3) is 2.16. The van der Waals surface area contributed by atoms with Gasteiger partial charge >= 0.3 is 0 Å². The van der Waals surface area contributed by atoms with Crippen molar-refractivity contribution in [1.82, 2.24) is 0 Å². The molecule has 0 unspecified atom stereocenters. The van der Waals surface area contributed by atoms with Crippen molar-refractivity contribution < 1.29 is 13.2 Å². The van der Waals surface area contributed by atoms with Gasteiger partial charge in [0, 0.05) is 5.56 Å². The molecule has 0 saturated heterocycles. The molecule has 0 atom stereocenters. The SMILES string of the molecule is Fc1ccc(-c2cccc3cc4ccccc4cc23)c(F)c1F. The van der Waals surface area contributed by atoms with E-state index < -0.39 is 17.5 Å². The molecule has 0 aliphatic carbocycles. The zero-order valence-corrected chi connectivity index (χ0v) is 12.0.